The molecule has 0 nitrogen and oxygen atoms in total. The molecule has 2 aromatic carbocycles. The van der Waals surface area contributed by atoms with E-state index in [4.69, 9.17) is 0 Å². The minimum absolute atomic E-state index is 0.171. The van der Waals surface area contributed by atoms with E-state index < -0.39 is 0 Å². The van der Waals surface area contributed by atoms with Gasteiger partial charge in [-0.2, -0.15) is 0 Å². The Morgan fingerprint density at radius 1 is 0.688 bits per heavy atom. The molecule has 0 saturated carbocycles. The van der Waals surface area contributed by atoms with Gasteiger partial charge in [-0.25, -0.2) is 0 Å². The fourth-order valence-electron chi connectivity index (χ4n) is 1.45. The Balaban J connectivity index is 0.000000606. The molecule has 0 aromatic heterocycles. The summed E-state index contributed by atoms with van der Waals surface area (Å²) in [5.74, 6) is 0. The summed E-state index contributed by atoms with van der Waals surface area (Å²) in [7, 11) is -0.171. The van der Waals surface area contributed by atoms with E-state index in [-0.39, 0.29) is 7.92 Å². The predicted octanol–water partition coefficient (Wildman–Crippen LogP) is 3.33. The molecule has 0 aliphatic heterocycles. The molecule has 0 heterocycles. The van der Waals surface area contributed by atoms with Crippen LogP contribution in [0.1, 0.15) is 0 Å². The van der Waals surface area contributed by atoms with E-state index in [1.807, 2.05) is 5.14 Å². The molecule has 0 N–H and O–H groups in total. The molecular weight excluding hydrogens is 396 g/mol. The summed E-state index contributed by atoms with van der Waals surface area (Å²) in [5.41, 5.74) is 0. The molecule has 0 bridgehead atoms. The molecule has 0 spiro atoms. The van der Waals surface area contributed by atoms with E-state index in [1.54, 1.807) is 0 Å². The van der Waals surface area contributed by atoms with Gasteiger partial charge in [0.05, 0.1) is 0 Å². The molecule has 2 rings (SSSR count). The Labute approximate surface area is 112 Å². The summed E-state index contributed by atoms with van der Waals surface area (Å²) in [5, 5.41) is 4.82. The number of rotatable bonds is 2. The van der Waals surface area contributed by atoms with Crippen molar-refractivity contribution in [3.05, 3.63) is 60.7 Å². The summed E-state index contributed by atoms with van der Waals surface area (Å²) < 4.78 is 0. The van der Waals surface area contributed by atoms with Gasteiger partial charge in [-0.15, -0.1) is 0 Å². The zero-order valence-electron chi connectivity index (χ0n) is 9.52. The molecule has 0 atom stereocenters. The van der Waals surface area contributed by atoms with Gasteiger partial charge in [-0.05, 0) is 25.2 Å². The van der Waals surface area contributed by atoms with Gasteiger partial charge in [0, 0.05) is 0 Å². The zero-order valence-corrected chi connectivity index (χ0v) is 12.6. The van der Waals surface area contributed by atoms with E-state index in [0.717, 1.165) is 0 Å². The second-order valence-corrected chi connectivity index (χ2v) is 5.38. The van der Waals surface area contributed by atoms with Crippen molar-refractivity contribution in [2.45, 2.75) is 5.14 Å². The van der Waals surface area contributed by atoms with Gasteiger partial charge in [0.1, 0.15) is 0 Å². The van der Waals surface area contributed by atoms with E-state index in [0.29, 0.717) is 0 Å². The van der Waals surface area contributed by atoms with Gasteiger partial charge in [-0.1, -0.05) is 60.7 Å². The number of benzene rings is 2. The molecule has 0 aliphatic carbocycles. The zero-order chi connectivity index (χ0) is 11.8. The number of hydrogen-bond acceptors (Lipinski definition) is 0. The van der Waals surface area contributed by atoms with Crippen LogP contribution in [0.5, 0.6) is 0 Å². The maximum absolute atomic E-state index is 2.31. The van der Waals surface area contributed by atoms with Gasteiger partial charge in [0.2, 0.25) is 0 Å². The van der Waals surface area contributed by atoms with Crippen LogP contribution in [0.15, 0.2) is 60.7 Å². The van der Waals surface area contributed by atoms with Crippen molar-refractivity contribution in [1.29, 1.82) is 0 Å². The van der Waals surface area contributed by atoms with Crippen molar-refractivity contribution in [1.82, 2.24) is 0 Å². The summed E-state index contributed by atoms with van der Waals surface area (Å²) in [6.07, 6.45) is 0. The van der Waals surface area contributed by atoms with E-state index in [1.165, 1.54) is 10.6 Å². The molecule has 0 saturated heterocycles. The topological polar surface area (TPSA) is 0 Å². The van der Waals surface area contributed by atoms with Crippen molar-refractivity contribution in [3.8, 4) is 0 Å². The van der Waals surface area contributed by atoms with E-state index in [9.17, 15) is 0 Å². The molecule has 88 valence electrons. The Hall–Kier alpha value is -0.390. The average Bonchev–Trinajstić information content (AvgIpc) is 2.42. The monoisotopic (exact) mass is 412 g/mol. The molecule has 16 heavy (non-hydrogen) atoms. The molecule has 0 fully saturated rings. The van der Waals surface area contributed by atoms with Crippen LogP contribution in [0, 0.1) is 0 Å². The first-order valence-electron chi connectivity index (χ1n) is 5.02. The fraction of sp³-hybridized carbons (Fsp3) is 0.143. The van der Waals surface area contributed by atoms with Crippen LogP contribution < -0.4 is 10.6 Å². The molecule has 0 amide bonds. The van der Waals surface area contributed by atoms with Gasteiger partial charge in [0.25, 0.3) is 0 Å². The average molecular weight is 412 g/mol. The van der Waals surface area contributed by atoms with Gasteiger partial charge >= 0.3 is 26.2 Å². The quantitative estimate of drug-likeness (QED) is 0.525. The van der Waals surface area contributed by atoms with Crippen LogP contribution in [-0.4, -0.2) is 6.66 Å². The van der Waals surface area contributed by atoms with Crippen LogP contribution in [0.4, 0.5) is 0 Å². The van der Waals surface area contributed by atoms with Crippen LogP contribution in [0.25, 0.3) is 0 Å². The van der Waals surface area contributed by atoms with Crippen LogP contribution in [0.3, 0.4) is 0 Å². The van der Waals surface area contributed by atoms with E-state index >= 15 is 0 Å². The first-order valence-corrected chi connectivity index (χ1v) is 8.97. The SMILES string of the molecule is CP(c1ccccc1)c1ccccc1.[CH3][Au]. The standard InChI is InChI=1S/C13H13P.CH3.Au/c1-14(12-8-4-2-5-9-12)13-10-6-3-7-11-13;;/h2-11H,1H3;1H3;. The third-order valence-corrected chi connectivity index (χ3v) is 4.43. The first kappa shape index (κ1) is 13.7. The predicted molar refractivity (Wildman–Crippen MR) is 70.9 cm³/mol. The number of hydrogen-bond donors (Lipinski definition) is 0. The minimum atomic E-state index is -0.171. The van der Waals surface area contributed by atoms with Gasteiger partial charge < -0.3 is 0 Å². The Morgan fingerprint density at radius 3 is 1.31 bits per heavy atom. The van der Waals surface area contributed by atoms with Crippen LogP contribution in [-0.2, 0) is 21.1 Å². The molecule has 0 aliphatic rings. The Kier molecular flexibility index (Phi) is 6.68. The molecular formula is C14H16AuP. The fourth-order valence-corrected chi connectivity index (χ4v) is 2.99. The van der Waals surface area contributed by atoms with Gasteiger partial charge in [-0.3, -0.25) is 0 Å². The molecule has 0 radical (unpaired) electrons. The van der Waals surface area contributed by atoms with Crippen molar-refractivity contribution in [2.24, 2.45) is 0 Å². The molecule has 2 heteroatoms. The summed E-state index contributed by atoms with van der Waals surface area (Å²) >= 11 is 2.28. The Bertz CT molecular complexity index is 346. The van der Waals surface area contributed by atoms with Crippen LogP contribution in [0.2, 0.25) is 5.14 Å². The first-order chi connectivity index (χ1) is 7.88. The van der Waals surface area contributed by atoms with Gasteiger partial charge in [0.15, 0.2) is 0 Å². The summed E-state index contributed by atoms with van der Waals surface area (Å²) in [6, 6.07) is 21.4. The maximum atomic E-state index is 2.31. The molecule has 2 aromatic rings. The Morgan fingerprint density at radius 2 is 1.00 bits per heavy atom. The van der Waals surface area contributed by atoms with Crippen molar-refractivity contribution in [2.75, 3.05) is 6.66 Å². The second kappa shape index (κ2) is 7.81. The van der Waals surface area contributed by atoms with Crippen molar-refractivity contribution >= 4 is 18.5 Å². The summed E-state index contributed by atoms with van der Waals surface area (Å²) in [6.45, 7) is 2.31. The normalized spacial score (nSPS) is 9.56. The van der Waals surface area contributed by atoms with Crippen molar-refractivity contribution < 1.29 is 21.1 Å². The third kappa shape index (κ3) is 3.88. The molecule has 0 unspecified atom stereocenters. The second-order valence-electron chi connectivity index (χ2n) is 3.23. The van der Waals surface area contributed by atoms with E-state index in [2.05, 4.69) is 88.4 Å². The third-order valence-electron chi connectivity index (χ3n) is 2.29. The van der Waals surface area contributed by atoms with Crippen molar-refractivity contribution in [3.63, 3.8) is 0 Å². The summed E-state index contributed by atoms with van der Waals surface area (Å²) in [4.78, 5) is 0. The van der Waals surface area contributed by atoms with Crippen LogP contribution >= 0.6 is 7.92 Å².